The van der Waals surface area contributed by atoms with Crippen LogP contribution in [-0.2, 0) is 23.4 Å². The van der Waals surface area contributed by atoms with E-state index in [4.69, 9.17) is 0 Å². The number of hydrogen-bond acceptors (Lipinski definition) is 4. The molecule has 1 amide bonds. The lowest BCUT2D eigenvalue weighted by atomic mass is 10.2. The first-order chi connectivity index (χ1) is 11.9. The average Bonchev–Trinajstić information content (AvgIpc) is 2.97. The average molecular weight is 357 g/mol. The van der Waals surface area contributed by atoms with Crippen molar-refractivity contribution in [3.05, 3.63) is 60.0 Å². The largest absolute Gasteiger partial charge is 0.347 e. The van der Waals surface area contributed by atoms with Crippen LogP contribution in [0.3, 0.4) is 0 Å². The maximum Gasteiger partial charge on any atom is 0.268 e. The summed E-state index contributed by atoms with van der Waals surface area (Å²) in [7, 11) is -1.38. The Morgan fingerprint density at radius 2 is 1.92 bits per heavy atom. The van der Waals surface area contributed by atoms with E-state index >= 15 is 0 Å². The molecule has 0 unspecified atom stereocenters. The molecule has 0 saturated carbocycles. The highest BCUT2D eigenvalue weighted by molar-refractivity contribution is 7.91. The second-order valence-corrected chi connectivity index (χ2v) is 8.03. The highest BCUT2D eigenvalue weighted by Crippen LogP contribution is 2.17. The van der Waals surface area contributed by atoms with Crippen molar-refractivity contribution in [2.24, 2.45) is 7.05 Å². The topological polar surface area (TPSA) is 81.1 Å². The molecule has 0 spiro atoms. The zero-order valence-corrected chi connectivity index (χ0v) is 14.9. The predicted molar refractivity (Wildman–Crippen MR) is 96.1 cm³/mol. The standard InChI is InChI=1S/C18H19N3O3S/c1-3-25(23,24)15-6-4-13(5-7-15)11-20-18(22)16-10-14-8-9-19-12-17(14)21(16)2/h4-10,12H,3,11H2,1-2H3,(H,20,22). The van der Waals surface area contributed by atoms with Gasteiger partial charge in [-0.3, -0.25) is 9.78 Å². The van der Waals surface area contributed by atoms with Crippen LogP contribution >= 0.6 is 0 Å². The third-order valence-corrected chi connectivity index (χ3v) is 5.95. The molecular formula is C18H19N3O3S. The lowest BCUT2D eigenvalue weighted by Gasteiger charge is -2.08. The Kier molecular flexibility index (Phi) is 4.59. The van der Waals surface area contributed by atoms with Crippen LogP contribution in [0.2, 0.25) is 0 Å². The molecule has 130 valence electrons. The highest BCUT2D eigenvalue weighted by Gasteiger charge is 2.14. The molecule has 2 aromatic heterocycles. The number of hydrogen-bond donors (Lipinski definition) is 1. The number of nitrogens with zero attached hydrogens (tertiary/aromatic N) is 2. The zero-order chi connectivity index (χ0) is 18.0. The number of carbonyl (C=O) groups is 1. The summed E-state index contributed by atoms with van der Waals surface area (Å²) >= 11 is 0. The molecule has 25 heavy (non-hydrogen) atoms. The van der Waals surface area contributed by atoms with Gasteiger partial charge in [0.2, 0.25) is 0 Å². The number of benzene rings is 1. The second-order valence-electron chi connectivity index (χ2n) is 5.75. The highest BCUT2D eigenvalue weighted by atomic mass is 32.2. The first-order valence-corrected chi connectivity index (χ1v) is 9.57. The van der Waals surface area contributed by atoms with E-state index in [-0.39, 0.29) is 11.7 Å². The number of carbonyl (C=O) groups excluding carboxylic acids is 1. The van der Waals surface area contributed by atoms with Gasteiger partial charge in [-0.05, 0) is 29.8 Å². The molecule has 3 rings (SSSR count). The lowest BCUT2D eigenvalue weighted by molar-refractivity contribution is 0.0943. The smallest absolute Gasteiger partial charge is 0.268 e. The summed E-state index contributed by atoms with van der Waals surface area (Å²) in [5.41, 5.74) is 2.28. The van der Waals surface area contributed by atoms with Gasteiger partial charge in [0, 0.05) is 25.2 Å². The molecule has 0 radical (unpaired) electrons. The van der Waals surface area contributed by atoms with Crippen molar-refractivity contribution in [1.82, 2.24) is 14.9 Å². The molecule has 0 aliphatic rings. The first-order valence-electron chi connectivity index (χ1n) is 7.91. The van der Waals surface area contributed by atoms with Gasteiger partial charge in [0.1, 0.15) is 5.69 Å². The number of nitrogens with one attached hydrogen (secondary N) is 1. The van der Waals surface area contributed by atoms with Crippen LogP contribution in [0.25, 0.3) is 10.9 Å². The maximum absolute atomic E-state index is 12.4. The van der Waals surface area contributed by atoms with Crippen LogP contribution < -0.4 is 5.32 Å². The van der Waals surface area contributed by atoms with Crippen molar-refractivity contribution in [1.29, 1.82) is 0 Å². The Bertz CT molecular complexity index is 1020. The molecule has 2 heterocycles. The summed E-state index contributed by atoms with van der Waals surface area (Å²) in [6.07, 6.45) is 3.41. The molecule has 7 heteroatoms. The number of rotatable bonds is 5. The molecule has 6 nitrogen and oxygen atoms in total. The van der Waals surface area contributed by atoms with Crippen molar-refractivity contribution in [2.75, 3.05) is 5.75 Å². The van der Waals surface area contributed by atoms with E-state index in [0.29, 0.717) is 17.1 Å². The first kappa shape index (κ1) is 17.2. The van der Waals surface area contributed by atoms with Gasteiger partial charge in [-0.2, -0.15) is 0 Å². The van der Waals surface area contributed by atoms with Gasteiger partial charge in [-0.25, -0.2) is 8.42 Å². The molecule has 0 fully saturated rings. The Morgan fingerprint density at radius 1 is 1.20 bits per heavy atom. The van der Waals surface area contributed by atoms with Crippen LogP contribution in [0.4, 0.5) is 0 Å². The van der Waals surface area contributed by atoms with E-state index < -0.39 is 9.84 Å². The van der Waals surface area contributed by atoms with Gasteiger partial charge in [-0.15, -0.1) is 0 Å². The van der Waals surface area contributed by atoms with E-state index in [2.05, 4.69) is 10.3 Å². The third-order valence-electron chi connectivity index (χ3n) is 4.20. The number of pyridine rings is 1. The number of sulfone groups is 1. The summed E-state index contributed by atoms with van der Waals surface area (Å²) in [4.78, 5) is 16.8. The van der Waals surface area contributed by atoms with Crippen LogP contribution in [0.1, 0.15) is 23.0 Å². The van der Waals surface area contributed by atoms with Gasteiger partial charge in [0.05, 0.1) is 22.4 Å². The molecule has 0 atom stereocenters. The fourth-order valence-electron chi connectivity index (χ4n) is 2.65. The predicted octanol–water partition coefficient (Wildman–Crippen LogP) is 2.30. The Hall–Kier alpha value is -2.67. The number of amides is 1. The quantitative estimate of drug-likeness (QED) is 0.760. The monoisotopic (exact) mass is 357 g/mol. The van der Waals surface area contributed by atoms with Crippen molar-refractivity contribution in [2.45, 2.75) is 18.4 Å². The molecule has 0 saturated heterocycles. The molecular weight excluding hydrogens is 338 g/mol. The van der Waals surface area contributed by atoms with Crippen LogP contribution in [0.15, 0.2) is 53.7 Å². The van der Waals surface area contributed by atoms with Crippen molar-refractivity contribution >= 4 is 26.6 Å². The molecule has 0 bridgehead atoms. The van der Waals surface area contributed by atoms with Crippen molar-refractivity contribution < 1.29 is 13.2 Å². The van der Waals surface area contributed by atoms with Crippen molar-refractivity contribution in [3.63, 3.8) is 0 Å². The van der Waals surface area contributed by atoms with Crippen LogP contribution in [0.5, 0.6) is 0 Å². The van der Waals surface area contributed by atoms with E-state index in [1.165, 1.54) is 0 Å². The van der Waals surface area contributed by atoms with Gasteiger partial charge in [0.25, 0.3) is 5.91 Å². The Morgan fingerprint density at radius 3 is 2.56 bits per heavy atom. The van der Waals surface area contributed by atoms with E-state index in [0.717, 1.165) is 16.5 Å². The normalized spacial score (nSPS) is 11.6. The van der Waals surface area contributed by atoms with Gasteiger partial charge >= 0.3 is 0 Å². The summed E-state index contributed by atoms with van der Waals surface area (Å²) in [5.74, 6) is -0.122. The minimum atomic E-state index is -3.21. The molecule has 1 aromatic carbocycles. The third kappa shape index (κ3) is 3.41. The van der Waals surface area contributed by atoms with Crippen molar-refractivity contribution in [3.8, 4) is 0 Å². The fraction of sp³-hybridized carbons (Fsp3) is 0.222. The maximum atomic E-state index is 12.4. The van der Waals surface area contributed by atoms with Gasteiger partial charge < -0.3 is 9.88 Å². The molecule has 1 N–H and O–H groups in total. The summed E-state index contributed by atoms with van der Waals surface area (Å²) in [5, 5.41) is 3.81. The second kappa shape index (κ2) is 6.68. The van der Waals surface area contributed by atoms with E-state index in [1.807, 2.05) is 19.2 Å². The Balaban J connectivity index is 1.72. The van der Waals surface area contributed by atoms with E-state index in [1.54, 1.807) is 48.1 Å². The summed E-state index contributed by atoms with van der Waals surface area (Å²) in [6, 6.07) is 10.3. The molecule has 0 aliphatic heterocycles. The minimum absolute atomic E-state index is 0.0684. The lowest BCUT2D eigenvalue weighted by Crippen LogP contribution is -2.24. The fourth-order valence-corrected chi connectivity index (χ4v) is 3.53. The van der Waals surface area contributed by atoms with Crippen LogP contribution in [0, 0.1) is 0 Å². The minimum Gasteiger partial charge on any atom is -0.347 e. The zero-order valence-electron chi connectivity index (χ0n) is 14.1. The SMILES string of the molecule is CCS(=O)(=O)c1ccc(CNC(=O)c2cc3ccncc3n2C)cc1. The summed E-state index contributed by atoms with van der Waals surface area (Å²) in [6.45, 7) is 1.94. The molecule has 3 aromatic rings. The van der Waals surface area contributed by atoms with Gasteiger partial charge in [-0.1, -0.05) is 19.1 Å². The van der Waals surface area contributed by atoms with Gasteiger partial charge in [0.15, 0.2) is 9.84 Å². The van der Waals surface area contributed by atoms with E-state index in [9.17, 15) is 13.2 Å². The number of aromatic nitrogens is 2. The number of fused-ring (bicyclic) bond motifs is 1. The van der Waals surface area contributed by atoms with Crippen LogP contribution in [-0.4, -0.2) is 29.6 Å². The number of aryl methyl sites for hydroxylation is 1. The summed E-state index contributed by atoms with van der Waals surface area (Å²) < 4.78 is 25.4. The molecule has 0 aliphatic carbocycles. The Labute approximate surface area is 146 Å².